The predicted molar refractivity (Wildman–Crippen MR) is 119 cm³/mol. The lowest BCUT2D eigenvalue weighted by Crippen LogP contribution is -1.98. The molecule has 0 bridgehead atoms. The Morgan fingerprint density at radius 3 is 2.66 bits per heavy atom. The highest BCUT2D eigenvalue weighted by molar-refractivity contribution is 7.10. The van der Waals surface area contributed by atoms with Crippen LogP contribution in [0, 0.1) is 0 Å². The van der Waals surface area contributed by atoms with Crippen molar-refractivity contribution in [2.75, 3.05) is 0 Å². The molecule has 0 aliphatic carbocycles. The first-order valence-electron chi connectivity index (χ1n) is 9.70. The topological polar surface area (TPSA) is 39.9 Å². The largest absolute Gasteiger partial charge is 0.487 e. The van der Waals surface area contributed by atoms with Crippen LogP contribution in [0.2, 0.25) is 0 Å². The molecule has 0 fully saturated rings. The molecule has 2 aromatic heterocycles. The van der Waals surface area contributed by atoms with Crippen molar-refractivity contribution in [2.24, 2.45) is 0 Å². The highest BCUT2D eigenvalue weighted by atomic mass is 32.1. The van der Waals surface area contributed by atoms with Crippen LogP contribution in [0.1, 0.15) is 28.2 Å². The van der Waals surface area contributed by atoms with Gasteiger partial charge in [0.2, 0.25) is 0 Å². The second-order valence-electron chi connectivity index (χ2n) is 6.76. The standard InChI is InChI=1S/C24H23N3OS/c1-2-5-20(6-3-1)10-13-24-26-22(18-29-24)17-28-23-11-8-21(9-12-23)7-4-15-27-16-14-25-19-27/h1-3,5-6,8-14,16,18-19H,4,7,15,17H2/b13-10+. The first-order chi connectivity index (χ1) is 14.3. The van der Waals surface area contributed by atoms with E-state index < -0.39 is 0 Å². The number of rotatable bonds is 9. The first kappa shape index (κ1) is 19.2. The highest BCUT2D eigenvalue weighted by Gasteiger charge is 2.02. The van der Waals surface area contributed by atoms with Gasteiger partial charge in [-0.25, -0.2) is 9.97 Å². The average Bonchev–Trinajstić information content (AvgIpc) is 3.45. The Morgan fingerprint density at radius 1 is 1.00 bits per heavy atom. The SMILES string of the molecule is C(=C\c1nc(COc2ccc(CCCn3ccnc3)cc2)cs1)/c1ccccc1. The zero-order chi connectivity index (χ0) is 19.7. The van der Waals surface area contributed by atoms with E-state index in [4.69, 9.17) is 4.74 Å². The summed E-state index contributed by atoms with van der Waals surface area (Å²) in [7, 11) is 0. The Hall–Kier alpha value is -3.18. The number of ether oxygens (including phenoxy) is 1. The molecular formula is C24H23N3OS. The second-order valence-corrected chi connectivity index (χ2v) is 7.65. The summed E-state index contributed by atoms with van der Waals surface area (Å²) in [6.07, 6.45) is 11.9. The molecule has 0 aliphatic rings. The molecule has 146 valence electrons. The van der Waals surface area contributed by atoms with Gasteiger partial charge in [0.15, 0.2) is 0 Å². The van der Waals surface area contributed by atoms with Crippen molar-refractivity contribution in [3.05, 3.63) is 101 Å². The molecule has 2 aromatic carbocycles. The van der Waals surface area contributed by atoms with Gasteiger partial charge in [0.05, 0.1) is 12.0 Å². The van der Waals surface area contributed by atoms with Gasteiger partial charge in [-0.15, -0.1) is 11.3 Å². The van der Waals surface area contributed by atoms with E-state index in [9.17, 15) is 0 Å². The Balaban J connectivity index is 1.24. The summed E-state index contributed by atoms with van der Waals surface area (Å²) < 4.78 is 8.00. The molecule has 0 spiro atoms. The molecule has 29 heavy (non-hydrogen) atoms. The molecule has 0 atom stereocenters. The third kappa shape index (κ3) is 5.90. The van der Waals surface area contributed by atoms with E-state index in [1.165, 1.54) is 11.1 Å². The molecule has 2 heterocycles. The number of hydrogen-bond donors (Lipinski definition) is 0. The van der Waals surface area contributed by atoms with Gasteiger partial charge in [-0.3, -0.25) is 0 Å². The average molecular weight is 402 g/mol. The van der Waals surface area contributed by atoms with Crippen molar-refractivity contribution in [2.45, 2.75) is 26.0 Å². The molecular weight excluding hydrogens is 378 g/mol. The van der Waals surface area contributed by atoms with Gasteiger partial charge in [-0.05, 0) is 42.2 Å². The van der Waals surface area contributed by atoms with E-state index in [0.717, 1.165) is 35.8 Å². The summed E-state index contributed by atoms with van der Waals surface area (Å²) in [6.45, 7) is 1.47. The van der Waals surface area contributed by atoms with Gasteiger partial charge in [-0.2, -0.15) is 0 Å². The maximum absolute atomic E-state index is 5.89. The maximum Gasteiger partial charge on any atom is 0.131 e. The molecule has 0 N–H and O–H groups in total. The summed E-state index contributed by atoms with van der Waals surface area (Å²) >= 11 is 1.63. The van der Waals surface area contributed by atoms with E-state index in [2.05, 4.69) is 50.3 Å². The Kier molecular flexibility index (Phi) is 6.50. The lowest BCUT2D eigenvalue weighted by atomic mass is 10.1. The molecule has 0 saturated carbocycles. The van der Waals surface area contributed by atoms with Crippen LogP contribution in [0.4, 0.5) is 0 Å². The van der Waals surface area contributed by atoms with Gasteiger partial charge >= 0.3 is 0 Å². The molecule has 0 radical (unpaired) electrons. The van der Waals surface area contributed by atoms with Crippen LogP contribution in [-0.2, 0) is 19.6 Å². The highest BCUT2D eigenvalue weighted by Crippen LogP contribution is 2.18. The van der Waals surface area contributed by atoms with Gasteiger partial charge < -0.3 is 9.30 Å². The molecule has 5 heteroatoms. The fourth-order valence-corrected chi connectivity index (χ4v) is 3.69. The van der Waals surface area contributed by atoms with Crippen molar-refractivity contribution in [3.8, 4) is 5.75 Å². The fraction of sp³-hybridized carbons (Fsp3) is 0.167. The van der Waals surface area contributed by atoms with Gasteiger partial charge in [0.1, 0.15) is 17.4 Å². The second kappa shape index (κ2) is 9.85. The van der Waals surface area contributed by atoms with E-state index in [0.29, 0.717) is 6.61 Å². The van der Waals surface area contributed by atoms with E-state index in [1.807, 2.05) is 55.1 Å². The van der Waals surface area contributed by atoms with Crippen molar-refractivity contribution in [1.82, 2.24) is 14.5 Å². The smallest absolute Gasteiger partial charge is 0.131 e. The Morgan fingerprint density at radius 2 is 1.86 bits per heavy atom. The van der Waals surface area contributed by atoms with Crippen molar-refractivity contribution in [1.29, 1.82) is 0 Å². The van der Waals surface area contributed by atoms with Crippen LogP contribution in [-0.4, -0.2) is 14.5 Å². The molecule has 4 nitrogen and oxygen atoms in total. The lowest BCUT2D eigenvalue weighted by molar-refractivity contribution is 0.302. The summed E-state index contributed by atoms with van der Waals surface area (Å²) in [4.78, 5) is 8.69. The number of nitrogens with zero attached hydrogens (tertiary/aromatic N) is 3. The minimum absolute atomic E-state index is 0.482. The van der Waals surface area contributed by atoms with Crippen LogP contribution < -0.4 is 4.74 Å². The van der Waals surface area contributed by atoms with Crippen LogP contribution >= 0.6 is 11.3 Å². The zero-order valence-electron chi connectivity index (χ0n) is 16.1. The van der Waals surface area contributed by atoms with Crippen molar-refractivity contribution < 1.29 is 4.74 Å². The number of aromatic nitrogens is 3. The summed E-state index contributed by atoms with van der Waals surface area (Å²) in [5, 5.41) is 3.04. The summed E-state index contributed by atoms with van der Waals surface area (Å²) in [5.74, 6) is 0.873. The third-order valence-corrected chi connectivity index (χ3v) is 5.40. The summed E-state index contributed by atoms with van der Waals surface area (Å²) in [6, 6.07) is 18.6. The number of imidazole rings is 1. The zero-order valence-corrected chi connectivity index (χ0v) is 17.0. The van der Waals surface area contributed by atoms with E-state index in [-0.39, 0.29) is 0 Å². The van der Waals surface area contributed by atoms with Crippen LogP contribution in [0.5, 0.6) is 5.75 Å². The Bertz CT molecular complexity index is 1020. The van der Waals surface area contributed by atoms with Crippen LogP contribution in [0.3, 0.4) is 0 Å². The van der Waals surface area contributed by atoms with Crippen LogP contribution in [0.15, 0.2) is 78.7 Å². The summed E-state index contributed by atoms with van der Waals surface area (Å²) in [5.41, 5.74) is 3.44. The van der Waals surface area contributed by atoms with Gasteiger partial charge in [0, 0.05) is 24.3 Å². The number of benzene rings is 2. The Labute approximate surface area is 175 Å². The van der Waals surface area contributed by atoms with Gasteiger partial charge in [0.25, 0.3) is 0 Å². The third-order valence-electron chi connectivity index (χ3n) is 4.54. The molecule has 0 unspecified atom stereocenters. The fourth-order valence-electron chi connectivity index (χ4n) is 2.99. The van der Waals surface area contributed by atoms with E-state index in [1.54, 1.807) is 11.3 Å². The predicted octanol–water partition coefficient (Wildman–Crippen LogP) is 5.72. The molecule has 0 amide bonds. The minimum atomic E-state index is 0.482. The molecule has 4 aromatic rings. The quantitative estimate of drug-likeness (QED) is 0.360. The molecule has 4 rings (SSSR count). The lowest BCUT2D eigenvalue weighted by Gasteiger charge is -2.06. The first-order valence-corrected chi connectivity index (χ1v) is 10.6. The number of hydrogen-bond acceptors (Lipinski definition) is 4. The number of aryl methyl sites for hydroxylation is 2. The monoisotopic (exact) mass is 401 g/mol. The van der Waals surface area contributed by atoms with Gasteiger partial charge in [-0.1, -0.05) is 48.5 Å². The molecule has 0 saturated heterocycles. The minimum Gasteiger partial charge on any atom is -0.487 e. The van der Waals surface area contributed by atoms with E-state index >= 15 is 0 Å². The van der Waals surface area contributed by atoms with Crippen LogP contribution in [0.25, 0.3) is 12.2 Å². The normalized spacial score (nSPS) is 11.2. The molecule has 0 aliphatic heterocycles. The van der Waals surface area contributed by atoms with Crippen molar-refractivity contribution >= 4 is 23.5 Å². The maximum atomic E-state index is 5.89. The number of thiazole rings is 1. The van der Waals surface area contributed by atoms with Crippen molar-refractivity contribution in [3.63, 3.8) is 0 Å².